The zero-order valence-electron chi connectivity index (χ0n) is 19.5. The first-order chi connectivity index (χ1) is 16.2. The van der Waals surface area contributed by atoms with Crippen LogP contribution in [0, 0.1) is 13.8 Å². The lowest BCUT2D eigenvalue weighted by Gasteiger charge is -2.21. The monoisotopic (exact) mass is 469 g/mol. The van der Waals surface area contributed by atoms with E-state index >= 15 is 0 Å². The fraction of sp³-hybridized carbons (Fsp3) is 0.172. The van der Waals surface area contributed by atoms with Gasteiger partial charge in [-0.25, -0.2) is 8.42 Å². The quantitative estimate of drug-likeness (QED) is 0.304. The summed E-state index contributed by atoms with van der Waals surface area (Å²) in [4.78, 5) is 17.8. The van der Waals surface area contributed by atoms with Gasteiger partial charge in [0.1, 0.15) is 0 Å². The van der Waals surface area contributed by atoms with Gasteiger partial charge in [0.2, 0.25) is 0 Å². The van der Waals surface area contributed by atoms with Crippen molar-refractivity contribution in [3.8, 4) is 11.1 Å². The second-order valence-corrected chi connectivity index (χ2v) is 10.7. The summed E-state index contributed by atoms with van der Waals surface area (Å²) in [5, 5.41) is 0. The molecule has 172 valence electrons. The first-order valence-electron chi connectivity index (χ1n) is 11.1. The average molecular weight is 470 g/mol. The number of hydrogen-bond acceptors (Lipinski definition) is 4. The van der Waals surface area contributed by atoms with E-state index in [0.29, 0.717) is 16.9 Å². The van der Waals surface area contributed by atoms with E-state index < -0.39 is 9.84 Å². The number of nitrogens with zero attached hydrogens (tertiary/aromatic N) is 1. The van der Waals surface area contributed by atoms with Crippen LogP contribution in [0.4, 0.5) is 0 Å². The van der Waals surface area contributed by atoms with Crippen molar-refractivity contribution in [1.29, 1.82) is 0 Å². The van der Waals surface area contributed by atoms with Crippen LogP contribution in [0.5, 0.6) is 0 Å². The molecule has 0 radical (unpaired) electrons. The van der Waals surface area contributed by atoms with Crippen LogP contribution in [0.15, 0.2) is 96.0 Å². The number of benzene rings is 3. The van der Waals surface area contributed by atoms with Crippen LogP contribution in [-0.2, 0) is 9.84 Å². The second-order valence-electron chi connectivity index (χ2n) is 8.64. The number of aromatic nitrogens is 1. The molecule has 3 aromatic carbocycles. The molecule has 1 aromatic heterocycles. The minimum Gasteiger partial charge on any atom is -0.294 e. The first-order valence-corrected chi connectivity index (χ1v) is 13.0. The highest BCUT2D eigenvalue weighted by Gasteiger charge is 2.21. The highest BCUT2D eigenvalue weighted by Crippen LogP contribution is 2.34. The van der Waals surface area contributed by atoms with Gasteiger partial charge in [-0.2, -0.15) is 0 Å². The molecule has 1 atom stereocenters. The minimum atomic E-state index is -3.25. The van der Waals surface area contributed by atoms with Crippen LogP contribution in [0.2, 0.25) is 0 Å². The van der Waals surface area contributed by atoms with E-state index in [9.17, 15) is 13.2 Å². The van der Waals surface area contributed by atoms with Crippen LogP contribution in [0.1, 0.15) is 45.1 Å². The van der Waals surface area contributed by atoms with Gasteiger partial charge in [-0.15, -0.1) is 0 Å². The van der Waals surface area contributed by atoms with Crippen LogP contribution in [0.3, 0.4) is 0 Å². The van der Waals surface area contributed by atoms with Crippen molar-refractivity contribution < 1.29 is 13.2 Å². The summed E-state index contributed by atoms with van der Waals surface area (Å²) in [7, 11) is -3.25. The van der Waals surface area contributed by atoms with Crippen molar-refractivity contribution in [2.75, 3.05) is 6.26 Å². The minimum absolute atomic E-state index is 0.0710. The summed E-state index contributed by atoms with van der Waals surface area (Å²) < 4.78 is 23.6. The normalized spacial score (nSPS) is 12.3. The molecule has 0 amide bonds. The summed E-state index contributed by atoms with van der Waals surface area (Å²) in [6.45, 7) is 3.95. The Morgan fingerprint density at radius 1 is 0.853 bits per heavy atom. The Labute approximate surface area is 201 Å². The molecule has 0 aliphatic heterocycles. The highest BCUT2D eigenvalue weighted by atomic mass is 32.2. The zero-order chi connectivity index (χ0) is 24.3. The third-order valence-electron chi connectivity index (χ3n) is 6.08. The summed E-state index contributed by atoms with van der Waals surface area (Å²) in [6.07, 6.45) is 3.22. The Kier molecular flexibility index (Phi) is 6.75. The van der Waals surface area contributed by atoms with Gasteiger partial charge < -0.3 is 0 Å². The summed E-state index contributed by atoms with van der Waals surface area (Å²) >= 11 is 0. The summed E-state index contributed by atoms with van der Waals surface area (Å²) in [6, 6.07) is 26.8. The molecule has 0 N–H and O–H groups in total. The van der Waals surface area contributed by atoms with Gasteiger partial charge in [0, 0.05) is 36.0 Å². The lowest BCUT2D eigenvalue weighted by Crippen LogP contribution is -2.11. The number of Topliss-reactive ketones (excluding diaryl/α,β-unsaturated/α-hetero) is 1. The van der Waals surface area contributed by atoms with E-state index in [4.69, 9.17) is 0 Å². The second kappa shape index (κ2) is 9.74. The van der Waals surface area contributed by atoms with Gasteiger partial charge in [0.15, 0.2) is 15.6 Å². The van der Waals surface area contributed by atoms with Gasteiger partial charge >= 0.3 is 0 Å². The van der Waals surface area contributed by atoms with E-state index in [-0.39, 0.29) is 11.7 Å². The van der Waals surface area contributed by atoms with Crippen molar-refractivity contribution >= 4 is 15.6 Å². The average Bonchev–Trinajstić information content (AvgIpc) is 2.82. The van der Waals surface area contributed by atoms with E-state index in [0.717, 1.165) is 33.5 Å². The number of hydrogen-bond donors (Lipinski definition) is 0. The lowest BCUT2D eigenvalue weighted by molar-refractivity contribution is 0.0977. The molecule has 0 saturated carbocycles. The molecule has 4 aromatic rings. The zero-order valence-corrected chi connectivity index (χ0v) is 20.3. The van der Waals surface area contributed by atoms with Crippen LogP contribution in [-0.4, -0.2) is 25.4 Å². The van der Waals surface area contributed by atoms with Crippen LogP contribution < -0.4 is 0 Å². The Hall–Kier alpha value is -3.57. The molecular formula is C29H27NO3S. The molecule has 1 heterocycles. The maximum Gasteiger partial charge on any atom is 0.175 e. The predicted octanol–water partition coefficient (Wildman–Crippen LogP) is 6.17. The molecular weight excluding hydrogens is 442 g/mol. The maximum absolute atomic E-state index is 13.3. The number of carbonyl (C=O) groups is 1. The van der Waals surface area contributed by atoms with Crippen molar-refractivity contribution in [2.45, 2.75) is 31.1 Å². The first kappa shape index (κ1) is 23.6. The van der Waals surface area contributed by atoms with Gasteiger partial charge in [-0.1, -0.05) is 60.7 Å². The van der Waals surface area contributed by atoms with Crippen molar-refractivity contribution in [2.24, 2.45) is 0 Å². The van der Waals surface area contributed by atoms with Gasteiger partial charge in [-0.05, 0) is 65.9 Å². The Bertz CT molecular complexity index is 1440. The Morgan fingerprint density at radius 2 is 1.59 bits per heavy atom. The number of aryl methyl sites for hydroxylation is 2. The van der Waals surface area contributed by atoms with Crippen molar-refractivity contribution in [1.82, 2.24) is 4.98 Å². The molecule has 4 rings (SSSR count). The molecule has 0 spiro atoms. The van der Waals surface area contributed by atoms with Gasteiger partial charge in [0.05, 0.1) is 4.90 Å². The molecule has 0 aliphatic rings. The molecule has 4 nitrogen and oxygen atoms in total. The number of sulfone groups is 1. The topological polar surface area (TPSA) is 64.1 Å². The third-order valence-corrected chi connectivity index (χ3v) is 7.21. The smallest absolute Gasteiger partial charge is 0.175 e. The van der Waals surface area contributed by atoms with Crippen LogP contribution >= 0.6 is 0 Å². The van der Waals surface area contributed by atoms with Gasteiger partial charge in [0.25, 0.3) is 0 Å². The van der Waals surface area contributed by atoms with E-state index in [1.54, 1.807) is 24.4 Å². The predicted molar refractivity (Wildman–Crippen MR) is 136 cm³/mol. The summed E-state index contributed by atoms with van der Waals surface area (Å²) in [5.41, 5.74) is 6.67. The Morgan fingerprint density at radius 3 is 2.26 bits per heavy atom. The molecule has 0 saturated heterocycles. The number of pyridine rings is 1. The highest BCUT2D eigenvalue weighted by molar-refractivity contribution is 7.90. The lowest BCUT2D eigenvalue weighted by atomic mass is 9.83. The fourth-order valence-corrected chi connectivity index (χ4v) is 4.87. The number of ketones is 1. The van der Waals surface area contributed by atoms with Gasteiger partial charge in [-0.3, -0.25) is 9.78 Å². The molecule has 0 fully saturated rings. The van der Waals surface area contributed by atoms with E-state index in [2.05, 4.69) is 36.2 Å². The molecule has 5 heteroatoms. The van der Waals surface area contributed by atoms with E-state index in [1.165, 1.54) is 6.26 Å². The molecule has 34 heavy (non-hydrogen) atoms. The fourth-order valence-electron chi connectivity index (χ4n) is 4.24. The molecule has 1 unspecified atom stereocenters. The largest absolute Gasteiger partial charge is 0.294 e. The molecule has 0 bridgehead atoms. The van der Waals surface area contributed by atoms with Crippen LogP contribution in [0.25, 0.3) is 11.1 Å². The van der Waals surface area contributed by atoms with Crippen molar-refractivity contribution in [3.05, 3.63) is 119 Å². The van der Waals surface area contributed by atoms with E-state index in [1.807, 2.05) is 49.4 Å². The number of rotatable bonds is 7. The molecule has 0 aliphatic carbocycles. The Balaban J connectivity index is 1.73. The SMILES string of the molecule is Cc1cc(C(=O)CC(c2cccc(-c3ccc(S(C)(=O)=O)cc3)c2)c2ccccc2C)ccn1. The van der Waals surface area contributed by atoms with Crippen molar-refractivity contribution in [3.63, 3.8) is 0 Å². The third kappa shape index (κ3) is 5.32. The number of carbonyl (C=O) groups excluding carboxylic acids is 1. The standard InChI is InChI=1S/C29H27NO3S/c1-20-7-4-5-10-27(20)28(19-29(31)25-15-16-30-21(2)17-25)24-9-6-8-23(18-24)22-11-13-26(14-12-22)34(3,32)33/h4-18,28H,19H2,1-3H3. The summed E-state index contributed by atoms with van der Waals surface area (Å²) in [5.74, 6) is -0.0425. The maximum atomic E-state index is 13.3.